The average Bonchev–Trinajstić information content (AvgIpc) is 3.34. The van der Waals surface area contributed by atoms with Gasteiger partial charge in [0.2, 0.25) is 0 Å². The van der Waals surface area contributed by atoms with Crippen molar-refractivity contribution in [2.24, 2.45) is 0 Å². The molecule has 7 nitrogen and oxygen atoms in total. The first kappa shape index (κ1) is 19.5. The van der Waals surface area contributed by atoms with E-state index in [1.165, 1.54) is 13.3 Å². The van der Waals surface area contributed by atoms with E-state index in [0.717, 1.165) is 26.5 Å². The monoisotopic (exact) mass is 418 g/mol. The first-order valence-electron chi connectivity index (χ1n) is 9.19. The van der Waals surface area contributed by atoms with Gasteiger partial charge >= 0.3 is 5.97 Å². The van der Waals surface area contributed by atoms with Crippen molar-refractivity contribution in [3.05, 3.63) is 59.9 Å². The molecule has 0 aliphatic rings. The minimum Gasteiger partial charge on any atom is -0.494 e. The van der Waals surface area contributed by atoms with Gasteiger partial charge in [0, 0.05) is 17.4 Å². The molecule has 30 heavy (non-hydrogen) atoms. The van der Waals surface area contributed by atoms with Crippen LogP contribution in [0, 0.1) is 11.3 Å². The Kier molecular flexibility index (Phi) is 5.12. The van der Waals surface area contributed by atoms with Crippen LogP contribution < -0.4 is 10.5 Å². The van der Waals surface area contributed by atoms with E-state index in [0.29, 0.717) is 12.3 Å². The molecule has 4 rings (SSSR count). The molecule has 0 spiro atoms. The zero-order chi connectivity index (χ0) is 21.3. The highest BCUT2D eigenvalue weighted by Gasteiger charge is 2.21. The van der Waals surface area contributed by atoms with E-state index in [1.54, 1.807) is 15.9 Å². The molecule has 0 unspecified atom stereocenters. The fraction of sp³-hybridized carbons (Fsp3) is 0.136. The maximum absolute atomic E-state index is 12.2. The molecule has 0 atom stereocenters. The summed E-state index contributed by atoms with van der Waals surface area (Å²) in [7, 11) is 1.28. The molecule has 8 heteroatoms. The summed E-state index contributed by atoms with van der Waals surface area (Å²) in [6.07, 6.45) is 1.53. The zero-order valence-electron chi connectivity index (χ0n) is 16.4. The Balaban J connectivity index is 1.71. The number of aromatic nitrogens is 2. The van der Waals surface area contributed by atoms with Gasteiger partial charge in [0.05, 0.1) is 35.2 Å². The molecule has 2 heterocycles. The number of hydrogen-bond acceptors (Lipinski definition) is 7. The first-order chi connectivity index (χ1) is 14.5. The number of carbonyl (C=O) groups is 1. The quantitative estimate of drug-likeness (QED) is 0.482. The maximum Gasteiger partial charge on any atom is 0.357 e. The lowest BCUT2D eigenvalue weighted by atomic mass is 10.2. The lowest BCUT2D eigenvalue weighted by Crippen LogP contribution is -2.11. The number of nitrogens with zero attached hydrogens (tertiary/aromatic N) is 3. The number of nitriles is 1. The highest BCUT2D eigenvalue weighted by molar-refractivity contribution is 7.21. The Morgan fingerprint density at radius 2 is 2.03 bits per heavy atom. The number of ether oxygens (including phenoxy) is 2. The molecular formula is C22H18N4O3S. The molecule has 4 aromatic rings. The minimum atomic E-state index is -0.602. The summed E-state index contributed by atoms with van der Waals surface area (Å²) in [5.41, 5.74) is 8.95. The molecule has 0 aliphatic heterocycles. The summed E-state index contributed by atoms with van der Waals surface area (Å²) in [4.78, 5) is 16.9. The maximum atomic E-state index is 12.2. The van der Waals surface area contributed by atoms with Crippen molar-refractivity contribution in [2.45, 2.75) is 6.92 Å². The summed E-state index contributed by atoms with van der Waals surface area (Å²) < 4.78 is 13.0. The van der Waals surface area contributed by atoms with E-state index in [9.17, 15) is 10.1 Å². The Labute approximate surface area is 176 Å². The summed E-state index contributed by atoms with van der Waals surface area (Å²) >= 11 is 1.58. The second-order valence-electron chi connectivity index (χ2n) is 6.41. The van der Waals surface area contributed by atoms with Crippen molar-refractivity contribution in [2.75, 3.05) is 19.5 Å². The molecule has 0 bridgehead atoms. The van der Waals surface area contributed by atoms with Gasteiger partial charge in [-0.1, -0.05) is 0 Å². The summed E-state index contributed by atoms with van der Waals surface area (Å²) in [5, 5.41) is 10.1. The van der Waals surface area contributed by atoms with Crippen molar-refractivity contribution < 1.29 is 14.3 Å². The van der Waals surface area contributed by atoms with Gasteiger partial charge in [-0.15, -0.1) is 11.3 Å². The zero-order valence-corrected chi connectivity index (χ0v) is 17.2. The Morgan fingerprint density at radius 3 is 2.70 bits per heavy atom. The average molecular weight is 418 g/mol. The van der Waals surface area contributed by atoms with Gasteiger partial charge in [-0.3, -0.25) is 0 Å². The third kappa shape index (κ3) is 3.36. The summed E-state index contributed by atoms with van der Waals surface area (Å²) in [5.74, 6) is 0.221. The number of nitrogen functional groups attached to an aromatic ring is 1. The van der Waals surface area contributed by atoms with E-state index in [2.05, 4.69) is 0 Å². The summed E-state index contributed by atoms with van der Waals surface area (Å²) in [6, 6.07) is 15.4. The second-order valence-corrected chi connectivity index (χ2v) is 7.44. The standard InChI is InChI=1S/C22H18N4O3S/c1-3-29-16-8-9-17-18(10-16)30-21(25-17)13-4-6-15(7-5-13)26-12-14(11-23)19(24)20(26)22(27)28-2/h4-10,12H,3,24H2,1-2H3. The van der Waals surface area contributed by atoms with Crippen LogP contribution >= 0.6 is 11.3 Å². The van der Waals surface area contributed by atoms with Crippen LogP contribution in [0.5, 0.6) is 5.75 Å². The van der Waals surface area contributed by atoms with Gasteiger partial charge in [-0.05, 0) is 49.4 Å². The normalized spacial score (nSPS) is 10.7. The predicted molar refractivity (Wildman–Crippen MR) is 116 cm³/mol. The molecule has 0 fully saturated rings. The lowest BCUT2D eigenvalue weighted by Gasteiger charge is -2.09. The Morgan fingerprint density at radius 1 is 1.27 bits per heavy atom. The van der Waals surface area contributed by atoms with Crippen molar-refractivity contribution in [1.82, 2.24) is 9.55 Å². The number of anilines is 1. The molecule has 0 amide bonds. The molecule has 2 N–H and O–H groups in total. The number of hydrogen-bond donors (Lipinski definition) is 1. The first-order valence-corrected chi connectivity index (χ1v) is 10.0. The van der Waals surface area contributed by atoms with Crippen LogP contribution in [0.15, 0.2) is 48.7 Å². The van der Waals surface area contributed by atoms with E-state index in [4.69, 9.17) is 20.2 Å². The number of benzene rings is 2. The Hall–Kier alpha value is -3.83. The number of methoxy groups -OCH3 is 1. The van der Waals surface area contributed by atoms with Crippen LogP contribution in [0.2, 0.25) is 0 Å². The molecule has 0 radical (unpaired) electrons. The molecule has 0 saturated heterocycles. The summed E-state index contributed by atoms with van der Waals surface area (Å²) in [6.45, 7) is 2.57. The number of nitrogens with two attached hydrogens (primary N) is 1. The van der Waals surface area contributed by atoms with Crippen LogP contribution in [-0.4, -0.2) is 29.2 Å². The SMILES string of the molecule is CCOc1ccc2nc(-c3ccc(-n4cc(C#N)c(N)c4C(=O)OC)cc3)sc2c1. The van der Waals surface area contributed by atoms with Gasteiger partial charge in [-0.2, -0.15) is 5.26 Å². The molecule has 0 saturated carbocycles. The van der Waals surface area contributed by atoms with Gasteiger partial charge in [-0.25, -0.2) is 9.78 Å². The van der Waals surface area contributed by atoms with Crippen LogP contribution in [0.25, 0.3) is 26.5 Å². The third-order valence-corrected chi connectivity index (χ3v) is 5.67. The van der Waals surface area contributed by atoms with Crippen molar-refractivity contribution in [3.63, 3.8) is 0 Å². The number of thiazole rings is 1. The van der Waals surface area contributed by atoms with E-state index < -0.39 is 5.97 Å². The topological polar surface area (TPSA) is 103 Å². The van der Waals surface area contributed by atoms with Gasteiger partial charge in [0.1, 0.15) is 16.8 Å². The smallest absolute Gasteiger partial charge is 0.357 e. The molecule has 2 aromatic carbocycles. The van der Waals surface area contributed by atoms with Crippen molar-refractivity contribution in [3.8, 4) is 28.1 Å². The number of fused-ring (bicyclic) bond motifs is 1. The highest BCUT2D eigenvalue weighted by atomic mass is 32.1. The van der Waals surface area contributed by atoms with Crippen molar-refractivity contribution in [1.29, 1.82) is 5.26 Å². The largest absolute Gasteiger partial charge is 0.494 e. The van der Waals surface area contributed by atoms with Gasteiger partial charge < -0.3 is 19.8 Å². The lowest BCUT2D eigenvalue weighted by molar-refractivity contribution is 0.0593. The molecular weight excluding hydrogens is 400 g/mol. The molecule has 2 aromatic heterocycles. The Bertz CT molecular complexity index is 1280. The fourth-order valence-electron chi connectivity index (χ4n) is 3.17. The predicted octanol–water partition coefficient (Wildman–Crippen LogP) is 4.39. The van der Waals surface area contributed by atoms with Crippen molar-refractivity contribution >= 4 is 33.2 Å². The highest BCUT2D eigenvalue weighted by Crippen LogP contribution is 2.33. The van der Waals surface area contributed by atoms with E-state index in [-0.39, 0.29) is 16.9 Å². The third-order valence-electron chi connectivity index (χ3n) is 4.61. The number of esters is 1. The van der Waals surface area contributed by atoms with Crippen LogP contribution in [-0.2, 0) is 4.74 Å². The molecule has 0 aliphatic carbocycles. The van der Waals surface area contributed by atoms with E-state index in [1.807, 2.05) is 55.5 Å². The minimum absolute atomic E-state index is 0.102. The van der Waals surface area contributed by atoms with Crippen LogP contribution in [0.1, 0.15) is 23.0 Å². The number of carbonyl (C=O) groups excluding carboxylic acids is 1. The fourth-order valence-corrected chi connectivity index (χ4v) is 4.17. The van der Waals surface area contributed by atoms with Gasteiger partial charge in [0.25, 0.3) is 0 Å². The van der Waals surface area contributed by atoms with Crippen LogP contribution in [0.3, 0.4) is 0 Å². The second kappa shape index (κ2) is 7.89. The van der Waals surface area contributed by atoms with Crippen LogP contribution in [0.4, 0.5) is 5.69 Å². The van der Waals surface area contributed by atoms with Gasteiger partial charge in [0.15, 0.2) is 5.69 Å². The number of rotatable bonds is 5. The molecule has 150 valence electrons. The van der Waals surface area contributed by atoms with E-state index >= 15 is 0 Å².